The number of rotatable bonds is 7. The minimum Gasteiger partial charge on any atom is -0.371 e. The molecule has 0 aliphatic carbocycles. The van der Waals surface area contributed by atoms with Crippen LogP contribution in [0.15, 0.2) is 16.9 Å². The third-order valence-corrected chi connectivity index (χ3v) is 4.39. The first-order chi connectivity index (χ1) is 12.2. The minimum absolute atomic E-state index is 0.134. The molecule has 0 spiro atoms. The molecule has 8 nitrogen and oxygen atoms in total. The summed E-state index contributed by atoms with van der Waals surface area (Å²) in [6.07, 6.45) is 2.44. The van der Waals surface area contributed by atoms with Crippen LogP contribution in [-0.2, 0) is 17.7 Å². The molecule has 0 bridgehead atoms. The maximum absolute atomic E-state index is 5.50. The van der Waals surface area contributed by atoms with Gasteiger partial charge in [0, 0.05) is 44.5 Å². The molecule has 2 aromatic heterocycles. The van der Waals surface area contributed by atoms with Crippen molar-refractivity contribution in [1.82, 2.24) is 25.0 Å². The van der Waals surface area contributed by atoms with Gasteiger partial charge in [0.2, 0.25) is 5.89 Å². The van der Waals surface area contributed by atoms with Crippen LogP contribution in [0.2, 0.25) is 0 Å². The second kappa shape index (κ2) is 8.35. The van der Waals surface area contributed by atoms with Crippen LogP contribution in [0.1, 0.15) is 44.3 Å². The number of piperazine rings is 1. The Kier molecular flexibility index (Phi) is 5.93. The lowest BCUT2D eigenvalue weighted by atomic mass is 10.2. The maximum atomic E-state index is 5.50. The highest BCUT2D eigenvalue weighted by molar-refractivity contribution is 5.39. The molecule has 8 heteroatoms. The predicted molar refractivity (Wildman–Crippen MR) is 93.2 cm³/mol. The highest BCUT2D eigenvalue weighted by Crippen LogP contribution is 2.17. The summed E-state index contributed by atoms with van der Waals surface area (Å²) in [5.41, 5.74) is 1.08. The number of aryl methyl sites for hydroxylation is 1. The summed E-state index contributed by atoms with van der Waals surface area (Å²) in [6, 6.07) is 2.08. The van der Waals surface area contributed by atoms with Gasteiger partial charge >= 0.3 is 0 Å². The van der Waals surface area contributed by atoms with Crippen LogP contribution < -0.4 is 4.90 Å². The van der Waals surface area contributed by atoms with Crippen molar-refractivity contribution in [1.29, 1.82) is 0 Å². The number of aromatic nitrogens is 4. The molecule has 0 saturated carbocycles. The molecule has 1 atom stereocenters. The van der Waals surface area contributed by atoms with Crippen LogP contribution in [0.5, 0.6) is 0 Å². The van der Waals surface area contributed by atoms with Crippen LogP contribution in [0.25, 0.3) is 0 Å². The lowest BCUT2D eigenvalue weighted by Crippen LogP contribution is -2.46. The Morgan fingerprint density at radius 1 is 1.20 bits per heavy atom. The summed E-state index contributed by atoms with van der Waals surface area (Å²) in [5, 5.41) is 4.02. The third kappa shape index (κ3) is 4.52. The zero-order chi connectivity index (χ0) is 17.6. The topological polar surface area (TPSA) is 80.4 Å². The van der Waals surface area contributed by atoms with Gasteiger partial charge in [-0.25, -0.2) is 9.97 Å². The molecule has 25 heavy (non-hydrogen) atoms. The molecule has 3 heterocycles. The van der Waals surface area contributed by atoms with E-state index in [0.717, 1.165) is 44.1 Å². The van der Waals surface area contributed by atoms with Gasteiger partial charge < -0.3 is 14.2 Å². The predicted octanol–water partition coefficient (Wildman–Crippen LogP) is 1.84. The van der Waals surface area contributed by atoms with Crippen LogP contribution in [0.4, 0.5) is 5.82 Å². The Hall–Kier alpha value is -2.06. The first-order valence-electron chi connectivity index (χ1n) is 8.91. The number of nitrogens with zero attached hydrogens (tertiary/aromatic N) is 6. The van der Waals surface area contributed by atoms with Gasteiger partial charge in [0.1, 0.15) is 18.2 Å². The van der Waals surface area contributed by atoms with E-state index in [0.29, 0.717) is 24.9 Å². The molecule has 136 valence electrons. The minimum atomic E-state index is -0.134. The van der Waals surface area contributed by atoms with E-state index in [1.54, 1.807) is 6.33 Å². The smallest absolute Gasteiger partial charge is 0.240 e. The fourth-order valence-corrected chi connectivity index (χ4v) is 2.90. The van der Waals surface area contributed by atoms with Crippen LogP contribution in [-0.4, -0.2) is 57.8 Å². The highest BCUT2D eigenvalue weighted by Gasteiger charge is 2.21. The molecule has 0 N–H and O–H groups in total. The molecular formula is C17H26N6O2. The molecular weight excluding hydrogens is 320 g/mol. The van der Waals surface area contributed by atoms with Crippen molar-refractivity contribution in [3.63, 3.8) is 0 Å². The van der Waals surface area contributed by atoms with Crippen molar-refractivity contribution < 1.29 is 9.26 Å². The molecule has 1 fully saturated rings. The van der Waals surface area contributed by atoms with Crippen molar-refractivity contribution in [2.75, 3.05) is 37.7 Å². The Bertz CT molecular complexity index is 669. The molecule has 1 aliphatic rings. The molecule has 2 aromatic rings. The van der Waals surface area contributed by atoms with Gasteiger partial charge in [0.15, 0.2) is 5.82 Å². The van der Waals surface area contributed by atoms with Gasteiger partial charge in [-0.1, -0.05) is 12.1 Å². The normalized spacial score (nSPS) is 17.0. The maximum Gasteiger partial charge on any atom is 0.240 e. The van der Waals surface area contributed by atoms with Gasteiger partial charge in [-0.15, -0.1) is 0 Å². The monoisotopic (exact) mass is 346 g/mol. The number of ether oxygens (including phenoxy) is 1. The first-order valence-corrected chi connectivity index (χ1v) is 8.91. The second-order valence-corrected chi connectivity index (χ2v) is 6.13. The number of hydrogen-bond acceptors (Lipinski definition) is 8. The SMILES string of the molecule is CCOC(C)c1noc(CN2CCN(c3cc(CC)ncn3)CC2)n1. The second-order valence-electron chi connectivity index (χ2n) is 6.13. The zero-order valence-corrected chi connectivity index (χ0v) is 15.2. The number of anilines is 1. The summed E-state index contributed by atoms with van der Waals surface area (Å²) in [4.78, 5) is 17.7. The summed E-state index contributed by atoms with van der Waals surface area (Å²) in [5.74, 6) is 2.27. The van der Waals surface area contributed by atoms with E-state index in [4.69, 9.17) is 9.26 Å². The highest BCUT2D eigenvalue weighted by atomic mass is 16.5. The summed E-state index contributed by atoms with van der Waals surface area (Å²) in [7, 11) is 0. The van der Waals surface area contributed by atoms with E-state index >= 15 is 0 Å². The summed E-state index contributed by atoms with van der Waals surface area (Å²) >= 11 is 0. The molecule has 0 radical (unpaired) electrons. The molecule has 0 aromatic carbocycles. The standard InChI is InChI=1S/C17H26N6O2/c1-4-14-10-15(19-12-18-14)23-8-6-22(7-9-23)11-16-20-17(21-25-16)13(3)24-5-2/h10,12-13H,4-9,11H2,1-3H3. The summed E-state index contributed by atoms with van der Waals surface area (Å²) in [6.45, 7) is 11.0. The Morgan fingerprint density at radius 2 is 2.00 bits per heavy atom. The van der Waals surface area contributed by atoms with Gasteiger partial charge in [0.05, 0.1) is 6.54 Å². The molecule has 1 aliphatic heterocycles. The Morgan fingerprint density at radius 3 is 2.72 bits per heavy atom. The Balaban J connectivity index is 1.52. The van der Waals surface area contributed by atoms with Crippen molar-refractivity contribution in [2.45, 2.75) is 39.8 Å². The van der Waals surface area contributed by atoms with E-state index < -0.39 is 0 Å². The largest absolute Gasteiger partial charge is 0.371 e. The lowest BCUT2D eigenvalue weighted by Gasteiger charge is -2.34. The van der Waals surface area contributed by atoms with Crippen molar-refractivity contribution in [3.05, 3.63) is 29.8 Å². The van der Waals surface area contributed by atoms with Crippen LogP contribution in [0.3, 0.4) is 0 Å². The zero-order valence-electron chi connectivity index (χ0n) is 15.2. The average molecular weight is 346 g/mol. The molecule has 1 saturated heterocycles. The fraction of sp³-hybridized carbons (Fsp3) is 0.647. The van der Waals surface area contributed by atoms with Gasteiger partial charge in [-0.05, 0) is 20.3 Å². The molecule has 3 rings (SSSR count). The van der Waals surface area contributed by atoms with E-state index in [1.807, 2.05) is 13.8 Å². The Labute approximate surface area is 148 Å². The first kappa shape index (κ1) is 17.8. The van der Waals surface area contributed by atoms with Gasteiger partial charge in [-0.2, -0.15) is 4.98 Å². The fourth-order valence-electron chi connectivity index (χ4n) is 2.90. The van der Waals surface area contributed by atoms with Crippen molar-refractivity contribution in [2.24, 2.45) is 0 Å². The average Bonchev–Trinajstić information content (AvgIpc) is 3.11. The van der Waals surface area contributed by atoms with E-state index in [9.17, 15) is 0 Å². The van der Waals surface area contributed by atoms with Crippen molar-refractivity contribution in [3.8, 4) is 0 Å². The van der Waals surface area contributed by atoms with E-state index in [1.165, 1.54) is 0 Å². The lowest BCUT2D eigenvalue weighted by molar-refractivity contribution is 0.0683. The van der Waals surface area contributed by atoms with Gasteiger partial charge in [-0.3, -0.25) is 4.90 Å². The molecule has 1 unspecified atom stereocenters. The van der Waals surface area contributed by atoms with Crippen LogP contribution in [0, 0.1) is 0 Å². The van der Waals surface area contributed by atoms with Crippen molar-refractivity contribution >= 4 is 5.82 Å². The van der Waals surface area contributed by atoms with Gasteiger partial charge in [0.25, 0.3) is 0 Å². The van der Waals surface area contributed by atoms with E-state index in [2.05, 4.69) is 42.9 Å². The summed E-state index contributed by atoms with van der Waals surface area (Å²) < 4.78 is 10.9. The van der Waals surface area contributed by atoms with Crippen LogP contribution >= 0.6 is 0 Å². The quantitative estimate of drug-likeness (QED) is 0.751. The van der Waals surface area contributed by atoms with E-state index in [-0.39, 0.29) is 6.10 Å². The molecule has 0 amide bonds. The third-order valence-electron chi connectivity index (χ3n) is 4.39. The number of hydrogen-bond donors (Lipinski definition) is 0.